The Balaban J connectivity index is 1.73. The highest BCUT2D eigenvalue weighted by Crippen LogP contribution is 2.27. The largest absolute Gasteiger partial charge is 0.286 e. The molecule has 0 atom stereocenters. The van der Waals surface area contributed by atoms with Gasteiger partial charge in [-0.2, -0.15) is 0 Å². The summed E-state index contributed by atoms with van der Waals surface area (Å²) in [5.41, 5.74) is 0.913. The fraction of sp³-hybridized carbons (Fsp3) is 0.176. The quantitative estimate of drug-likeness (QED) is 0.757. The maximum atomic E-state index is 13.9. The van der Waals surface area contributed by atoms with Crippen LogP contribution in [0.5, 0.6) is 0 Å². The van der Waals surface area contributed by atoms with Crippen LogP contribution in [0.2, 0.25) is 10.0 Å². The summed E-state index contributed by atoms with van der Waals surface area (Å²) in [6.07, 6.45) is 0. The van der Waals surface area contributed by atoms with Crippen LogP contribution in [0.4, 0.5) is 4.39 Å². The van der Waals surface area contributed by atoms with E-state index in [9.17, 15) is 9.18 Å². The van der Waals surface area contributed by atoms with Crippen molar-refractivity contribution < 1.29 is 9.18 Å². The van der Waals surface area contributed by atoms with Crippen LogP contribution in [-0.2, 0) is 5.75 Å². The van der Waals surface area contributed by atoms with Gasteiger partial charge in [0.05, 0.1) is 6.54 Å². The summed E-state index contributed by atoms with van der Waals surface area (Å²) < 4.78 is 13.9. The second-order valence-corrected chi connectivity index (χ2v) is 6.91. The number of amides is 1. The monoisotopic (exact) mass is 382 g/mol. The molecule has 0 aliphatic carbocycles. The Kier molecular flexibility index (Phi) is 5.43. The van der Waals surface area contributed by atoms with Crippen LogP contribution in [0.15, 0.2) is 47.5 Å². The summed E-state index contributed by atoms with van der Waals surface area (Å²) in [5, 5.41) is 1.44. The van der Waals surface area contributed by atoms with Crippen LogP contribution in [0.3, 0.4) is 0 Å². The Labute approximate surface area is 153 Å². The first-order valence-electron chi connectivity index (χ1n) is 7.24. The number of halogens is 3. The zero-order valence-electron chi connectivity index (χ0n) is 12.5. The van der Waals surface area contributed by atoms with Gasteiger partial charge in [-0.1, -0.05) is 47.1 Å². The van der Waals surface area contributed by atoms with E-state index in [4.69, 9.17) is 23.2 Å². The average Bonchev–Trinajstić information content (AvgIpc) is 3.02. The molecule has 0 N–H and O–H groups in total. The van der Waals surface area contributed by atoms with Crippen molar-refractivity contribution in [2.24, 2.45) is 4.99 Å². The van der Waals surface area contributed by atoms with Gasteiger partial charge in [0.1, 0.15) is 5.82 Å². The van der Waals surface area contributed by atoms with E-state index in [1.165, 1.54) is 17.8 Å². The van der Waals surface area contributed by atoms with E-state index in [-0.39, 0.29) is 11.7 Å². The molecule has 0 saturated heterocycles. The number of hydrogen-bond donors (Lipinski definition) is 0. The molecule has 0 fully saturated rings. The van der Waals surface area contributed by atoms with Crippen molar-refractivity contribution in [2.75, 3.05) is 13.1 Å². The van der Waals surface area contributed by atoms with Gasteiger partial charge in [0.15, 0.2) is 5.17 Å². The van der Waals surface area contributed by atoms with Crippen molar-refractivity contribution in [3.8, 4) is 0 Å². The van der Waals surface area contributed by atoms with Crippen LogP contribution < -0.4 is 0 Å². The number of hydrogen-bond acceptors (Lipinski definition) is 3. The highest BCUT2D eigenvalue weighted by Gasteiger charge is 2.25. The third-order valence-corrected chi connectivity index (χ3v) is 5.16. The van der Waals surface area contributed by atoms with Gasteiger partial charge in [-0.25, -0.2) is 4.39 Å². The van der Waals surface area contributed by atoms with Gasteiger partial charge in [-0.3, -0.25) is 14.7 Å². The minimum Gasteiger partial charge on any atom is -0.286 e. The second-order valence-electron chi connectivity index (χ2n) is 5.12. The molecule has 0 bridgehead atoms. The molecule has 3 nitrogen and oxygen atoms in total. The van der Waals surface area contributed by atoms with Crippen LogP contribution in [0, 0.1) is 5.82 Å². The molecule has 2 aromatic rings. The molecule has 0 spiro atoms. The Morgan fingerprint density at radius 3 is 2.79 bits per heavy atom. The Morgan fingerprint density at radius 2 is 2.04 bits per heavy atom. The van der Waals surface area contributed by atoms with Crippen LogP contribution in [0.1, 0.15) is 15.9 Å². The molecule has 3 rings (SSSR count). The maximum absolute atomic E-state index is 13.9. The Hall–Kier alpha value is -1.56. The predicted molar refractivity (Wildman–Crippen MR) is 97.5 cm³/mol. The molecule has 1 aliphatic rings. The van der Waals surface area contributed by atoms with Gasteiger partial charge in [0.25, 0.3) is 5.91 Å². The summed E-state index contributed by atoms with van der Waals surface area (Å²) in [7, 11) is 0. The highest BCUT2D eigenvalue weighted by molar-refractivity contribution is 8.13. The van der Waals surface area contributed by atoms with Crippen LogP contribution in [0.25, 0.3) is 0 Å². The van der Waals surface area contributed by atoms with Crippen molar-refractivity contribution >= 4 is 46.0 Å². The lowest BCUT2D eigenvalue weighted by molar-refractivity contribution is 0.0860. The van der Waals surface area contributed by atoms with E-state index in [1.54, 1.807) is 41.3 Å². The zero-order valence-corrected chi connectivity index (χ0v) is 14.8. The number of rotatable bonds is 3. The van der Waals surface area contributed by atoms with Crippen molar-refractivity contribution in [3.63, 3.8) is 0 Å². The van der Waals surface area contributed by atoms with Gasteiger partial charge >= 0.3 is 0 Å². The first-order valence-corrected chi connectivity index (χ1v) is 8.98. The van der Waals surface area contributed by atoms with Gasteiger partial charge in [-0.05, 0) is 30.3 Å². The summed E-state index contributed by atoms with van der Waals surface area (Å²) >= 11 is 13.3. The van der Waals surface area contributed by atoms with Gasteiger partial charge in [-0.15, -0.1) is 0 Å². The molecule has 24 heavy (non-hydrogen) atoms. The SMILES string of the molecule is O=C(c1cccc(Cl)c1)N1CCN=C1SCc1c(F)cccc1Cl. The number of carbonyl (C=O) groups excluding carboxylic acids is 1. The lowest BCUT2D eigenvalue weighted by atomic mass is 10.2. The average molecular weight is 383 g/mol. The lowest BCUT2D eigenvalue weighted by Crippen LogP contribution is -2.32. The number of thioether (sulfide) groups is 1. The summed E-state index contributed by atoms with van der Waals surface area (Å²) in [4.78, 5) is 18.6. The number of benzene rings is 2. The van der Waals surface area contributed by atoms with Crippen molar-refractivity contribution in [1.82, 2.24) is 4.90 Å². The van der Waals surface area contributed by atoms with Crippen molar-refractivity contribution in [3.05, 3.63) is 69.5 Å². The van der Waals surface area contributed by atoms with Gasteiger partial charge < -0.3 is 0 Å². The smallest absolute Gasteiger partial charge is 0.259 e. The normalized spacial score (nSPS) is 14.0. The standard InChI is InChI=1S/C17H13Cl2FN2OS/c18-12-4-1-3-11(9-12)16(23)22-8-7-21-17(22)24-10-13-14(19)5-2-6-15(13)20/h1-6,9H,7-8,10H2. The minimum absolute atomic E-state index is 0.166. The highest BCUT2D eigenvalue weighted by atomic mass is 35.5. The first-order chi connectivity index (χ1) is 11.6. The Bertz CT molecular complexity index is 793. The molecule has 0 radical (unpaired) electrons. The molecule has 0 saturated carbocycles. The van der Waals surface area contributed by atoms with E-state index < -0.39 is 0 Å². The van der Waals surface area contributed by atoms with Crippen molar-refractivity contribution in [2.45, 2.75) is 5.75 Å². The molecule has 7 heteroatoms. The van der Waals surface area contributed by atoms with E-state index in [1.807, 2.05) is 0 Å². The molecule has 1 heterocycles. The topological polar surface area (TPSA) is 32.7 Å². The molecular weight excluding hydrogens is 370 g/mol. The van der Waals surface area contributed by atoms with Crippen LogP contribution >= 0.6 is 35.0 Å². The fourth-order valence-corrected chi connectivity index (χ4v) is 3.90. The van der Waals surface area contributed by atoms with Gasteiger partial charge in [0.2, 0.25) is 0 Å². The van der Waals surface area contributed by atoms with Gasteiger partial charge in [0, 0.05) is 33.5 Å². The molecule has 1 amide bonds. The molecular formula is C17H13Cl2FN2OS. The van der Waals surface area contributed by atoms with E-state index in [0.717, 1.165) is 0 Å². The number of nitrogens with zero attached hydrogens (tertiary/aromatic N) is 2. The summed E-state index contributed by atoms with van der Waals surface area (Å²) in [5.74, 6) is -0.217. The molecule has 0 unspecified atom stereocenters. The molecule has 124 valence electrons. The predicted octanol–water partition coefficient (Wildman–Crippen LogP) is 4.88. The second kappa shape index (κ2) is 7.55. The zero-order chi connectivity index (χ0) is 17.1. The number of amidine groups is 1. The molecule has 0 aromatic heterocycles. The summed E-state index contributed by atoms with van der Waals surface area (Å²) in [6, 6.07) is 11.4. The van der Waals surface area contributed by atoms with Crippen molar-refractivity contribution in [1.29, 1.82) is 0 Å². The molecule has 2 aromatic carbocycles. The lowest BCUT2D eigenvalue weighted by Gasteiger charge is -2.18. The fourth-order valence-electron chi connectivity index (χ4n) is 2.32. The van der Waals surface area contributed by atoms with Crippen LogP contribution in [-0.4, -0.2) is 29.1 Å². The van der Waals surface area contributed by atoms with E-state index >= 15 is 0 Å². The Morgan fingerprint density at radius 1 is 1.25 bits per heavy atom. The number of carbonyl (C=O) groups is 1. The maximum Gasteiger partial charge on any atom is 0.259 e. The molecule has 1 aliphatic heterocycles. The third-order valence-electron chi connectivity index (χ3n) is 3.53. The van der Waals surface area contributed by atoms with E-state index in [2.05, 4.69) is 4.99 Å². The third kappa shape index (κ3) is 3.74. The number of aliphatic imine (C=N–C) groups is 1. The summed E-state index contributed by atoms with van der Waals surface area (Å²) in [6.45, 7) is 1.03. The minimum atomic E-state index is -0.360. The van der Waals surface area contributed by atoms with E-state index in [0.29, 0.717) is 45.2 Å². The first kappa shape index (κ1) is 17.3.